The molecule has 152 valence electrons. The molecule has 0 saturated heterocycles. The zero-order valence-electron chi connectivity index (χ0n) is 17.0. The lowest BCUT2D eigenvalue weighted by atomic mass is 9.93. The summed E-state index contributed by atoms with van der Waals surface area (Å²) in [6.45, 7) is 3.07. The smallest absolute Gasteiger partial charge is 0.128 e. The van der Waals surface area contributed by atoms with E-state index in [9.17, 15) is 0 Å². The van der Waals surface area contributed by atoms with Crippen LogP contribution in [0, 0.1) is 0 Å². The summed E-state index contributed by atoms with van der Waals surface area (Å²) in [5.41, 5.74) is 2.46. The van der Waals surface area contributed by atoms with Gasteiger partial charge in [-0.2, -0.15) is 0 Å². The Bertz CT molecular complexity index is 732. The molecule has 3 rings (SSSR count). The van der Waals surface area contributed by atoms with Gasteiger partial charge < -0.3 is 14.8 Å². The van der Waals surface area contributed by atoms with Crippen molar-refractivity contribution in [2.45, 2.75) is 70.6 Å². The highest BCUT2D eigenvalue weighted by molar-refractivity contribution is 6.30. The van der Waals surface area contributed by atoms with Gasteiger partial charge in [0.15, 0.2) is 0 Å². The van der Waals surface area contributed by atoms with E-state index >= 15 is 0 Å². The van der Waals surface area contributed by atoms with Crippen LogP contribution in [0.1, 0.15) is 69.0 Å². The van der Waals surface area contributed by atoms with E-state index in [-0.39, 0.29) is 12.1 Å². The molecule has 0 bridgehead atoms. The van der Waals surface area contributed by atoms with Crippen LogP contribution in [0.4, 0.5) is 0 Å². The molecule has 0 amide bonds. The molecule has 1 heterocycles. The molecule has 2 atom stereocenters. The molecule has 1 aliphatic rings. The van der Waals surface area contributed by atoms with Gasteiger partial charge in [-0.3, -0.25) is 0 Å². The third-order valence-electron chi connectivity index (χ3n) is 5.48. The molecule has 0 fully saturated rings. The largest absolute Gasteiger partial charge is 0.497 e. The van der Waals surface area contributed by atoms with E-state index < -0.39 is 0 Å². The maximum atomic E-state index is 6.34. The van der Waals surface area contributed by atoms with Crippen molar-refractivity contribution in [2.24, 2.45) is 0 Å². The normalized spacial score (nSPS) is 18.4. The van der Waals surface area contributed by atoms with Crippen molar-refractivity contribution in [1.29, 1.82) is 0 Å². The predicted molar refractivity (Wildman–Crippen MR) is 116 cm³/mol. The number of hydrogen-bond acceptors (Lipinski definition) is 3. The van der Waals surface area contributed by atoms with E-state index in [1.54, 1.807) is 7.11 Å². The highest BCUT2D eigenvalue weighted by Gasteiger charge is 2.28. The van der Waals surface area contributed by atoms with Gasteiger partial charge in [0.05, 0.1) is 7.11 Å². The van der Waals surface area contributed by atoms with E-state index in [0.717, 1.165) is 35.9 Å². The SMILES string of the molecule is CCCCCCCC1CC(NCc2ccc(Cl)cc2)c2ccc(OC)cc2O1. The van der Waals surface area contributed by atoms with Gasteiger partial charge in [0, 0.05) is 35.7 Å². The molecule has 2 aromatic carbocycles. The van der Waals surface area contributed by atoms with Gasteiger partial charge in [0.2, 0.25) is 0 Å². The highest BCUT2D eigenvalue weighted by Crippen LogP contribution is 2.38. The Labute approximate surface area is 174 Å². The quantitative estimate of drug-likeness (QED) is 0.450. The van der Waals surface area contributed by atoms with Crippen LogP contribution >= 0.6 is 11.6 Å². The maximum Gasteiger partial charge on any atom is 0.128 e. The molecule has 0 aliphatic carbocycles. The molecule has 0 aromatic heterocycles. The van der Waals surface area contributed by atoms with Crippen molar-refractivity contribution in [3.63, 3.8) is 0 Å². The number of halogens is 1. The molecule has 2 unspecified atom stereocenters. The first-order chi connectivity index (χ1) is 13.7. The summed E-state index contributed by atoms with van der Waals surface area (Å²) < 4.78 is 11.7. The summed E-state index contributed by atoms with van der Waals surface area (Å²) >= 11 is 6.01. The molecule has 0 saturated carbocycles. The summed E-state index contributed by atoms with van der Waals surface area (Å²) in [5.74, 6) is 1.80. The number of methoxy groups -OCH3 is 1. The van der Waals surface area contributed by atoms with Crippen LogP contribution < -0.4 is 14.8 Å². The topological polar surface area (TPSA) is 30.5 Å². The number of hydrogen-bond donors (Lipinski definition) is 1. The Kier molecular flexibility index (Phi) is 8.05. The monoisotopic (exact) mass is 401 g/mol. The summed E-state index contributed by atoms with van der Waals surface area (Å²) in [4.78, 5) is 0. The van der Waals surface area contributed by atoms with Crippen molar-refractivity contribution in [3.05, 3.63) is 58.6 Å². The van der Waals surface area contributed by atoms with Crippen LogP contribution in [0.5, 0.6) is 11.5 Å². The van der Waals surface area contributed by atoms with Crippen LogP contribution in [-0.4, -0.2) is 13.2 Å². The van der Waals surface area contributed by atoms with E-state index in [2.05, 4.69) is 30.4 Å². The standard InChI is InChI=1S/C24H32ClNO2/c1-3-4-5-6-7-8-21-15-23(26-17-18-9-11-19(25)12-10-18)22-14-13-20(27-2)16-24(22)28-21/h9-14,16,21,23,26H,3-8,15,17H2,1-2H3. The van der Waals surface area contributed by atoms with Gasteiger partial charge in [-0.15, -0.1) is 0 Å². The number of benzene rings is 2. The summed E-state index contributed by atoms with van der Waals surface area (Å²) in [6, 6.07) is 14.5. The Balaban J connectivity index is 1.65. The van der Waals surface area contributed by atoms with Gasteiger partial charge in [0.25, 0.3) is 0 Å². The number of fused-ring (bicyclic) bond motifs is 1. The predicted octanol–water partition coefficient (Wildman–Crippen LogP) is 6.69. The Morgan fingerprint density at radius 1 is 1.07 bits per heavy atom. The van der Waals surface area contributed by atoms with Gasteiger partial charge in [0.1, 0.15) is 17.6 Å². The molecule has 3 nitrogen and oxygen atoms in total. The van der Waals surface area contributed by atoms with E-state index in [1.165, 1.54) is 43.2 Å². The average molecular weight is 402 g/mol. The molecule has 28 heavy (non-hydrogen) atoms. The van der Waals surface area contributed by atoms with Crippen LogP contribution in [0.3, 0.4) is 0 Å². The van der Waals surface area contributed by atoms with Crippen LogP contribution in [0.2, 0.25) is 5.02 Å². The highest BCUT2D eigenvalue weighted by atomic mass is 35.5. The molecular weight excluding hydrogens is 370 g/mol. The molecule has 4 heteroatoms. The van der Waals surface area contributed by atoms with Crippen LogP contribution in [0.25, 0.3) is 0 Å². The zero-order valence-corrected chi connectivity index (χ0v) is 17.8. The number of rotatable bonds is 10. The van der Waals surface area contributed by atoms with Gasteiger partial charge >= 0.3 is 0 Å². The minimum Gasteiger partial charge on any atom is -0.497 e. The van der Waals surface area contributed by atoms with Crippen LogP contribution in [0.15, 0.2) is 42.5 Å². The molecule has 2 aromatic rings. The first-order valence-corrected chi connectivity index (χ1v) is 10.9. The van der Waals surface area contributed by atoms with Crippen LogP contribution in [-0.2, 0) is 6.54 Å². The molecule has 1 aliphatic heterocycles. The minimum atomic E-state index is 0.254. The number of nitrogens with one attached hydrogen (secondary N) is 1. The average Bonchev–Trinajstić information content (AvgIpc) is 2.72. The maximum absolute atomic E-state index is 6.34. The Morgan fingerprint density at radius 2 is 1.86 bits per heavy atom. The van der Waals surface area contributed by atoms with Crippen molar-refractivity contribution < 1.29 is 9.47 Å². The minimum absolute atomic E-state index is 0.254. The fourth-order valence-corrected chi connectivity index (χ4v) is 3.96. The third-order valence-corrected chi connectivity index (χ3v) is 5.74. The Hall–Kier alpha value is -1.71. The zero-order chi connectivity index (χ0) is 19.8. The summed E-state index contributed by atoms with van der Waals surface area (Å²) in [6.07, 6.45) is 8.83. The second kappa shape index (κ2) is 10.7. The van der Waals surface area contributed by atoms with Crippen molar-refractivity contribution in [3.8, 4) is 11.5 Å². The number of unbranched alkanes of at least 4 members (excludes halogenated alkanes) is 4. The first-order valence-electron chi connectivity index (χ1n) is 10.5. The lowest BCUT2D eigenvalue weighted by molar-refractivity contribution is 0.137. The second-order valence-corrected chi connectivity index (χ2v) is 8.08. The van der Waals surface area contributed by atoms with E-state index in [1.807, 2.05) is 24.3 Å². The first kappa shape index (κ1) is 21.0. The molecular formula is C24H32ClNO2. The molecule has 0 spiro atoms. The fraction of sp³-hybridized carbons (Fsp3) is 0.500. The fourth-order valence-electron chi connectivity index (χ4n) is 3.84. The van der Waals surface area contributed by atoms with Gasteiger partial charge in [-0.25, -0.2) is 0 Å². The van der Waals surface area contributed by atoms with Crippen molar-refractivity contribution >= 4 is 11.6 Å². The lowest BCUT2D eigenvalue weighted by Gasteiger charge is -2.33. The lowest BCUT2D eigenvalue weighted by Crippen LogP contribution is -2.32. The van der Waals surface area contributed by atoms with Gasteiger partial charge in [-0.05, 0) is 36.6 Å². The Morgan fingerprint density at radius 3 is 2.61 bits per heavy atom. The molecule has 0 radical (unpaired) electrons. The number of ether oxygens (including phenoxy) is 2. The summed E-state index contributed by atoms with van der Waals surface area (Å²) in [7, 11) is 1.70. The summed E-state index contributed by atoms with van der Waals surface area (Å²) in [5, 5.41) is 4.50. The third kappa shape index (κ3) is 5.89. The van der Waals surface area contributed by atoms with Gasteiger partial charge in [-0.1, -0.05) is 62.4 Å². The van der Waals surface area contributed by atoms with E-state index in [4.69, 9.17) is 21.1 Å². The van der Waals surface area contributed by atoms with Crippen molar-refractivity contribution in [2.75, 3.05) is 7.11 Å². The van der Waals surface area contributed by atoms with E-state index in [0.29, 0.717) is 0 Å². The molecule has 1 N–H and O–H groups in total. The second-order valence-electron chi connectivity index (χ2n) is 7.64. The van der Waals surface area contributed by atoms with Crippen molar-refractivity contribution in [1.82, 2.24) is 5.32 Å².